The van der Waals surface area contributed by atoms with Crippen LogP contribution in [0.3, 0.4) is 0 Å². The third-order valence-electron chi connectivity index (χ3n) is 2.47. The maximum absolute atomic E-state index is 11.4. The minimum absolute atomic E-state index is 0.638. The van der Waals surface area contributed by atoms with Crippen LogP contribution in [0, 0.1) is 0 Å². The SMILES string of the molecule is COc1ccc(/C=N/OC(=O)Nc2ccccc2)cc1. The Bertz CT molecular complexity index is 580. The Balaban J connectivity index is 1.84. The van der Waals surface area contributed by atoms with E-state index in [1.165, 1.54) is 6.21 Å². The Morgan fingerprint density at radius 2 is 1.80 bits per heavy atom. The van der Waals surface area contributed by atoms with Crippen molar-refractivity contribution >= 4 is 18.0 Å². The van der Waals surface area contributed by atoms with Gasteiger partial charge in [0.15, 0.2) is 0 Å². The highest BCUT2D eigenvalue weighted by Gasteiger charge is 2.01. The highest BCUT2D eigenvalue weighted by atomic mass is 16.7. The van der Waals surface area contributed by atoms with Gasteiger partial charge in [0.2, 0.25) is 0 Å². The Morgan fingerprint density at radius 1 is 1.10 bits per heavy atom. The largest absolute Gasteiger partial charge is 0.497 e. The van der Waals surface area contributed by atoms with Gasteiger partial charge in [0.1, 0.15) is 5.75 Å². The monoisotopic (exact) mass is 270 g/mol. The lowest BCUT2D eigenvalue weighted by Gasteiger charge is -2.01. The van der Waals surface area contributed by atoms with E-state index in [1.54, 1.807) is 43.5 Å². The summed E-state index contributed by atoms with van der Waals surface area (Å²) in [6, 6.07) is 16.2. The van der Waals surface area contributed by atoms with Crippen LogP contribution in [-0.2, 0) is 4.84 Å². The van der Waals surface area contributed by atoms with Gasteiger partial charge in [-0.1, -0.05) is 23.4 Å². The van der Waals surface area contributed by atoms with E-state index in [0.717, 1.165) is 11.3 Å². The molecule has 2 aromatic rings. The van der Waals surface area contributed by atoms with E-state index in [-0.39, 0.29) is 0 Å². The van der Waals surface area contributed by atoms with E-state index >= 15 is 0 Å². The highest BCUT2D eigenvalue weighted by molar-refractivity contribution is 5.85. The summed E-state index contributed by atoms with van der Waals surface area (Å²) in [5.74, 6) is 0.755. The number of carbonyl (C=O) groups excluding carboxylic acids is 1. The highest BCUT2D eigenvalue weighted by Crippen LogP contribution is 2.10. The number of ether oxygens (including phenoxy) is 1. The van der Waals surface area contributed by atoms with Crippen molar-refractivity contribution in [2.24, 2.45) is 5.16 Å². The molecule has 2 aromatic carbocycles. The smallest absolute Gasteiger partial charge is 0.437 e. The number of nitrogens with zero attached hydrogens (tertiary/aromatic N) is 1. The topological polar surface area (TPSA) is 59.9 Å². The second-order valence-corrected chi connectivity index (χ2v) is 3.88. The summed E-state index contributed by atoms with van der Waals surface area (Å²) in [5.41, 5.74) is 1.45. The summed E-state index contributed by atoms with van der Waals surface area (Å²) in [4.78, 5) is 16.1. The fourth-order valence-corrected chi connectivity index (χ4v) is 1.49. The molecule has 0 aliphatic rings. The van der Waals surface area contributed by atoms with Crippen LogP contribution in [0.5, 0.6) is 5.75 Å². The van der Waals surface area contributed by atoms with Crippen molar-refractivity contribution in [3.8, 4) is 5.75 Å². The van der Waals surface area contributed by atoms with Crippen LogP contribution in [0.1, 0.15) is 5.56 Å². The molecule has 2 rings (SSSR count). The van der Waals surface area contributed by atoms with Gasteiger partial charge in [0.05, 0.1) is 13.3 Å². The molecule has 5 heteroatoms. The van der Waals surface area contributed by atoms with Crippen molar-refractivity contribution < 1.29 is 14.4 Å². The lowest BCUT2D eigenvalue weighted by Crippen LogP contribution is -2.10. The fourth-order valence-electron chi connectivity index (χ4n) is 1.49. The minimum atomic E-state index is -0.638. The summed E-state index contributed by atoms with van der Waals surface area (Å²) < 4.78 is 5.04. The van der Waals surface area contributed by atoms with Crippen LogP contribution in [0.25, 0.3) is 0 Å². The van der Waals surface area contributed by atoms with Gasteiger partial charge in [0.25, 0.3) is 0 Å². The van der Waals surface area contributed by atoms with Crippen LogP contribution in [0.15, 0.2) is 59.8 Å². The van der Waals surface area contributed by atoms with Gasteiger partial charge in [0, 0.05) is 5.69 Å². The van der Waals surface area contributed by atoms with Gasteiger partial charge < -0.3 is 4.74 Å². The second-order valence-electron chi connectivity index (χ2n) is 3.88. The van der Waals surface area contributed by atoms with Gasteiger partial charge in [-0.3, -0.25) is 10.2 Å². The van der Waals surface area contributed by atoms with E-state index in [2.05, 4.69) is 10.5 Å². The zero-order chi connectivity index (χ0) is 14.2. The van der Waals surface area contributed by atoms with Gasteiger partial charge >= 0.3 is 6.09 Å². The number of anilines is 1. The molecule has 0 saturated heterocycles. The normalized spacial score (nSPS) is 10.2. The zero-order valence-corrected chi connectivity index (χ0v) is 10.9. The summed E-state index contributed by atoms with van der Waals surface area (Å²) in [5, 5.41) is 6.17. The quantitative estimate of drug-likeness (QED) is 0.527. The summed E-state index contributed by atoms with van der Waals surface area (Å²) >= 11 is 0. The van der Waals surface area contributed by atoms with E-state index in [0.29, 0.717) is 5.69 Å². The lowest BCUT2D eigenvalue weighted by molar-refractivity contribution is 0.167. The van der Waals surface area contributed by atoms with E-state index < -0.39 is 6.09 Å². The maximum atomic E-state index is 11.4. The molecule has 0 fully saturated rings. The van der Waals surface area contributed by atoms with Gasteiger partial charge in [-0.25, -0.2) is 4.79 Å². The number of rotatable bonds is 4. The molecule has 102 valence electrons. The zero-order valence-electron chi connectivity index (χ0n) is 10.9. The maximum Gasteiger partial charge on any atom is 0.437 e. The summed E-state index contributed by atoms with van der Waals surface area (Å²) in [6.07, 6.45) is 0.810. The van der Waals surface area contributed by atoms with Gasteiger partial charge in [-0.15, -0.1) is 0 Å². The first-order chi connectivity index (χ1) is 9.78. The number of benzene rings is 2. The molecule has 5 nitrogen and oxygen atoms in total. The Hall–Kier alpha value is -2.82. The average Bonchev–Trinajstić information content (AvgIpc) is 2.49. The first-order valence-corrected chi connectivity index (χ1v) is 5.98. The first kappa shape index (κ1) is 13.6. The number of oxime groups is 1. The summed E-state index contributed by atoms with van der Waals surface area (Å²) in [6.45, 7) is 0. The molecular formula is C15H14N2O3. The van der Waals surface area contributed by atoms with Crippen molar-refractivity contribution in [3.63, 3.8) is 0 Å². The molecule has 0 aliphatic heterocycles. The van der Waals surface area contributed by atoms with Crippen molar-refractivity contribution in [1.29, 1.82) is 0 Å². The molecule has 0 saturated carbocycles. The van der Waals surface area contributed by atoms with Crippen molar-refractivity contribution in [3.05, 3.63) is 60.2 Å². The molecule has 0 heterocycles. The molecule has 1 N–H and O–H groups in total. The van der Waals surface area contributed by atoms with Crippen molar-refractivity contribution in [1.82, 2.24) is 0 Å². The van der Waals surface area contributed by atoms with Gasteiger partial charge in [-0.05, 0) is 42.0 Å². The van der Waals surface area contributed by atoms with Crippen LogP contribution in [0.4, 0.5) is 10.5 Å². The van der Waals surface area contributed by atoms with Crippen LogP contribution < -0.4 is 10.1 Å². The number of nitrogens with one attached hydrogen (secondary N) is 1. The Kier molecular flexibility index (Phi) is 4.72. The molecule has 0 spiro atoms. The number of amides is 1. The van der Waals surface area contributed by atoms with Crippen LogP contribution >= 0.6 is 0 Å². The average molecular weight is 270 g/mol. The van der Waals surface area contributed by atoms with E-state index in [9.17, 15) is 4.79 Å². The van der Waals surface area contributed by atoms with Crippen LogP contribution in [0.2, 0.25) is 0 Å². The van der Waals surface area contributed by atoms with Crippen molar-refractivity contribution in [2.45, 2.75) is 0 Å². The molecule has 1 amide bonds. The van der Waals surface area contributed by atoms with Crippen molar-refractivity contribution in [2.75, 3.05) is 12.4 Å². The molecule has 0 bridgehead atoms. The standard InChI is InChI=1S/C15H14N2O3/c1-19-14-9-7-12(8-10-14)11-16-20-15(18)17-13-5-3-2-4-6-13/h2-11H,1H3,(H,17,18)/b16-11+. The number of methoxy groups -OCH3 is 1. The minimum Gasteiger partial charge on any atom is -0.497 e. The predicted octanol–water partition coefficient (Wildman–Crippen LogP) is 3.28. The number of hydrogen-bond donors (Lipinski definition) is 1. The lowest BCUT2D eigenvalue weighted by atomic mass is 10.2. The fraction of sp³-hybridized carbons (Fsp3) is 0.0667. The second kappa shape index (κ2) is 6.94. The molecule has 0 unspecified atom stereocenters. The van der Waals surface area contributed by atoms with E-state index in [4.69, 9.17) is 9.57 Å². The predicted molar refractivity (Wildman–Crippen MR) is 77.1 cm³/mol. The number of carbonyl (C=O) groups is 1. The molecule has 0 aromatic heterocycles. The molecular weight excluding hydrogens is 256 g/mol. The third-order valence-corrected chi connectivity index (χ3v) is 2.47. The Morgan fingerprint density at radius 3 is 2.45 bits per heavy atom. The molecule has 0 aliphatic carbocycles. The first-order valence-electron chi connectivity index (χ1n) is 5.98. The molecule has 0 atom stereocenters. The van der Waals surface area contributed by atoms with E-state index in [1.807, 2.05) is 18.2 Å². The molecule has 20 heavy (non-hydrogen) atoms. The Labute approximate surface area is 116 Å². The van der Waals surface area contributed by atoms with Crippen LogP contribution in [-0.4, -0.2) is 19.4 Å². The molecule has 0 radical (unpaired) electrons. The number of para-hydroxylation sites is 1. The number of hydrogen-bond acceptors (Lipinski definition) is 4. The summed E-state index contributed by atoms with van der Waals surface area (Å²) in [7, 11) is 1.60. The van der Waals surface area contributed by atoms with Gasteiger partial charge in [-0.2, -0.15) is 0 Å². The third kappa shape index (κ3) is 4.13.